The molecule has 1 heterocycles. The zero-order valence-electron chi connectivity index (χ0n) is 11.9. The van der Waals surface area contributed by atoms with E-state index < -0.39 is 5.97 Å². The third-order valence-electron chi connectivity index (χ3n) is 4.00. The molecule has 5 heteroatoms. The second-order valence-corrected chi connectivity index (χ2v) is 5.57. The van der Waals surface area contributed by atoms with Crippen LogP contribution in [0.1, 0.15) is 29.6 Å². The molecule has 0 bridgehead atoms. The largest absolute Gasteiger partial charge is 0.478 e. The van der Waals surface area contributed by atoms with Gasteiger partial charge in [0.05, 0.1) is 16.9 Å². The van der Waals surface area contributed by atoms with Crippen LogP contribution in [0.3, 0.4) is 0 Å². The topological polar surface area (TPSA) is 78.6 Å². The summed E-state index contributed by atoms with van der Waals surface area (Å²) >= 11 is 0. The number of carbonyl (C=O) groups is 1. The molecule has 1 aromatic rings. The zero-order chi connectivity index (χ0) is 14.5. The number of carboxylic acid groups (broad SMARTS) is 1. The normalized spacial score (nSPS) is 17.1. The molecule has 4 N–H and O–H groups in total. The van der Waals surface area contributed by atoms with Gasteiger partial charge in [-0.15, -0.1) is 0 Å². The maximum absolute atomic E-state index is 10.8. The Morgan fingerprint density at radius 3 is 2.75 bits per heavy atom. The third-order valence-corrected chi connectivity index (χ3v) is 4.00. The smallest absolute Gasteiger partial charge is 0.335 e. The number of nitrogens with zero attached hydrogens (tertiary/aromatic N) is 1. The van der Waals surface area contributed by atoms with Gasteiger partial charge in [0.1, 0.15) is 0 Å². The number of nitrogens with two attached hydrogens (primary N) is 1. The van der Waals surface area contributed by atoms with Crippen molar-refractivity contribution >= 4 is 17.3 Å². The first-order valence-electron chi connectivity index (χ1n) is 7.11. The number of carboxylic acids is 1. The molecule has 0 spiro atoms. The van der Waals surface area contributed by atoms with Crippen LogP contribution in [0.15, 0.2) is 18.2 Å². The van der Waals surface area contributed by atoms with Gasteiger partial charge in [-0.2, -0.15) is 0 Å². The Morgan fingerprint density at radius 2 is 2.15 bits per heavy atom. The molecule has 1 aliphatic rings. The maximum atomic E-state index is 10.8. The summed E-state index contributed by atoms with van der Waals surface area (Å²) in [5, 5.41) is 12.2. The van der Waals surface area contributed by atoms with E-state index in [2.05, 4.69) is 17.3 Å². The second-order valence-electron chi connectivity index (χ2n) is 5.57. The lowest BCUT2D eigenvalue weighted by Gasteiger charge is -2.29. The summed E-state index contributed by atoms with van der Waals surface area (Å²) in [5.74, 6) is -0.173. The Bertz CT molecular complexity index is 468. The predicted molar refractivity (Wildman–Crippen MR) is 81.1 cm³/mol. The van der Waals surface area contributed by atoms with Crippen molar-refractivity contribution in [2.75, 3.05) is 37.7 Å². The van der Waals surface area contributed by atoms with Crippen LogP contribution in [0, 0.1) is 5.92 Å². The molecule has 110 valence electrons. The maximum Gasteiger partial charge on any atom is 0.335 e. The molecular weight excluding hydrogens is 254 g/mol. The van der Waals surface area contributed by atoms with Gasteiger partial charge in [-0.25, -0.2) is 4.79 Å². The molecule has 5 nitrogen and oxygen atoms in total. The van der Waals surface area contributed by atoms with Crippen molar-refractivity contribution in [3.05, 3.63) is 23.8 Å². The molecule has 0 atom stereocenters. The molecule has 1 saturated heterocycles. The van der Waals surface area contributed by atoms with Crippen LogP contribution < -0.4 is 11.1 Å². The van der Waals surface area contributed by atoms with Crippen molar-refractivity contribution in [2.45, 2.75) is 19.3 Å². The lowest BCUT2D eigenvalue weighted by atomic mass is 9.94. The monoisotopic (exact) mass is 277 g/mol. The Balaban J connectivity index is 1.81. The van der Waals surface area contributed by atoms with E-state index in [0.29, 0.717) is 5.69 Å². The van der Waals surface area contributed by atoms with Crippen LogP contribution in [-0.4, -0.2) is 42.7 Å². The molecule has 2 rings (SSSR count). The third kappa shape index (κ3) is 3.87. The molecule has 20 heavy (non-hydrogen) atoms. The van der Waals surface area contributed by atoms with Gasteiger partial charge in [0.15, 0.2) is 0 Å². The average molecular weight is 277 g/mol. The van der Waals surface area contributed by atoms with E-state index in [1.807, 2.05) is 0 Å². The lowest BCUT2D eigenvalue weighted by Crippen LogP contribution is -2.30. The molecule has 0 amide bonds. The number of hydrogen-bond donors (Lipinski definition) is 3. The summed E-state index contributed by atoms with van der Waals surface area (Å²) in [6, 6.07) is 4.82. The minimum Gasteiger partial charge on any atom is -0.478 e. The predicted octanol–water partition coefficient (Wildman–Crippen LogP) is 2.11. The Morgan fingerprint density at radius 1 is 1.45 bits per heavy atom. The highest BCUT2D eigenvalue weighted by atomic mass is 16.4. The number of likely N-dealkylation sites (tertiary alicyclic amines) is 1. The van der Waals surface area contributed by atoms with Gasteiger partial charge in [0.2, 0.25) is 0 Å². The van der Waals surface area contributed by atoms with Crippen molar-refractivity contribution in [3.63, 3.8) is 0 Å². The fourth-order valence-electron chi connectivity index (χ4n) is 2.62. The minimum atomic E-state index is -0.949. The van der Waals surface area contributed by atoms with E-state index in [1.54, 1.807) is 12.1 Å². The number of nitrogens with one attached hydrogen (secondary N) is 1. The quantitative estimate of drug-likeness (QED) is 0.718. The number of rotatable bonds is 5. The Labute approximate surface area is 119 Å². The first-order valence-corrected chi connectivity index (χ1v) is 7.11. The van der Waals surface area contributed by atoms with Crippen molar-refractivity contribution in [1.82, 2.24) is 4.90 Å². The molecule has 0 aromatic heterocycles. The van der Waals surface area contributed by atoms with E-state index in [0.717, 1.165) is 24.6 Å². The number of benzene rings is 1. The summed E-state index contributed by atoms with van der Waals surface area (Å²) in [6.07, 6.45) is 3.64. The zero-order valence-corrected chi connectivity index (χ0v) is 11.9. The van der Waals surface area contributed by atoms with E-state index >= 15 is 0 Å². The SMILES string of the molecule is CN1CCC(CCNc2ccc(C(=O)O)cc2N)CC1. The van der Waals surface area contributed by atoms with Gasteiger partial charge >= 0.3 is 5.97 Å². The van der Waals surface area contributed by atoms with Crippen LogP contribution in [-0.2, 0) is 0 Å². The lowest BCUT2D eigenvalue weighted by molar-refractivity contribution is 0.0697. The van der Waals surface area contributed by atoms with E-state index in [1.165, 1.54) is 32.0 Å². The van der Waals surface area contributed by atoms with Crippen molar-refractivity contribution in [3.8, 4) is 0 Å². The second kappa shape index (κ2) is 6.61. The van der Waals surface area contributed by atoms with Crippen molar-refractivity contribution in [2.24, 2.45) is 5.92 Å². The van der Waals surface area contributed by atoms with Gasteiger partial charge in [-0.3, -0.25) is 0 Å². The summed E-state index contributed by atoms with van der Waals surface area (Å²) in [6.45, 7) is 3.24. The number of nitrogen functional groups attached to an aromatic ring is 1. The molecule has 0 radical (unpaired) electrons. The molecule has 0 saturated carbocycles. The number of aromatic carboxylic acids is 1. The van der Waals surface area contributed by atoms with Crippen LogP contribution >= 0.6 is 0 Å². The van der Waals surface area contributed by atoms with Gasteiger partial charge in [-0.1, -0.05) is 0 Å². The van der Waals surface area contributed by atoms with Crippen LogP contribution in [0.5, 0.6) is 0 Å². The first kappa shape index (κ1) is 14.7. The van der Waals surface area contributed by atoms with Gasteiger partial charge in [-0.05, 0) is 63.5 Å². The summed E-state index contributed by atoms with van der Waals surface area (Å²) in [7, 11) is 2.17. The van der Waals surface area contributed by atoms with Gasteiger partial charge in [0.25, 0.3) is 0 Å². The highest BCUT2D eigenvalue weighted by molar-refractivity contribution is 5.90. The number of hydrogen-bond acceptors (Lipinski definition) is 4. The molecular formula is C15H23N3O2. The molecule has 1 fully saturated rings. The fraction of sp³-hybridized carbons (Fsp3) is 0.533. The van der Waals surface area contributed by atoms with E-state index in [-0.39, 0.29) is 5.56 Å². The highest BCUT2D eigenvalue weighted by Gasteiger charge is 2.16. The Hall–Kier alpha value is -1.75. The molecule has 0 aliphatic carbocycles. The number of anilines is 2. The van der Waals surface area contributed by atoms with Gasteiger partial charge < -0.3 is 21.1 Å². The summed E-state index contributed by atoms with van der Waals surface area (Å²) in [5.41, 5.74) is 7.41. The van der Waals surface area contributed by atoms with Crippen LogP contribution in [0.25, 0.3) is 0 Å². The first-order chi connectivity index (χ1) is 9.56. The summed E-state index contributed by atoms with van der Waals surface area (Å²) < 4.78 is 0. The van der Waals surface area contributed by atoms with Crippen molar-refractivity contribution in [1.29, 1.82) is 0 Å². The molecule has 1 aromatic carbocycles. The van der Waals surface area contributed by atoms with Gasteiger partial charge in [0, 0.05) is 6.54 Å². The fourth-order valence-corrected chi connectivity index (χ4v) is 2.62. The Kier molecular flexibility index (Phi) is 4.84. The number of piperidine rings is 1. The van der Waals surface area contributed by atoms with Crippen LogP contribution in [0.2, 0.25) is 0 Å². The standard InChI is InChI=1S/C15H23N3O2/c1-18-8-5-11(6-9-18)4-7-17-14-3-2-12(15(19)20)10-13(14)16/h2-3,10-11,17H,4-9,16H2,1H3,(H,19,20). The summed E-state index contributed by atoms with van der Waals surface area (Å²) in [4.78, 5) is 13.2. The minimum absolute atomic E-state index is 0.225. The van der Waals surface area contributed by atoms with E-state index in [4.69, 9.17) is 10.8 Å². The highest BCUT2D eigenvalue weighted by Crippen LogP contribution is 2.22. The van der Waals surface area contributed by atoms with Crippen LogP contribution in [0.4, 0.5) is 11.4 Å². The molecule has 1 aliphatic heterocycles. The van der Waals surface area contributed by atoms with E-state index in [9.17, 15) is 4.79 Å². The van der Waals surface area contributed by atoms with Crippen molar-refractivity contribution < 1.29 is 9.90 Å². The average Bonchev–Trinajstić information content (AvgIpc) is 2.42. The molecule has 0 unspecified atom stereocenters.